The highest BCUT2D eigenvalue weighted by molar-refractivity contribution is 6.02. The van der Waals surface area contributed by atoms with Crippen LogP contribution in [0.2, 0.25) is 0 Å². The summed E-state index contributed by atoms with van der Waals surface area (Å²) in [5.74, 6) is -1.34. The standard InChI is InChI=1S/C15H18N2O5/c1-9(2)5-11-6-10(3-4-13(11)17(20)21)8-22-15(19)12-7-16-14(12)18/h3-4,6,9,12H,5,7-8H2,1-2H3,(H,16,18)/t12-/m1/s1. The minimum absolute atomic E-state index is 0.00566. The Hall–Kier alpha value is -2.44. The average molecular weight is 306 g/mol. The summed E-state index contributed by atoms with van der Waals surface area (Å²) < 4.78 is 5.09. The second-order valence-electron chi connectivity index (χ2n) is 5.72. The molecule has 1 aromatic carbocycles. The van der Waals surface area contributed by atoms with Crippen molar-refractivity contribution in [2.75, 3.05) is 6.54 Å². The molecule has 0 aromatic heterocycles. The fourth-order valence-corrected chi connectivity index (χ4v) is 2.24. The van der Waals surface area contributed by atoms with Crippen molar-refractivity contribution in [1.82, 2.24) is 5.32 Å². The molecule has 1 aliphatic heterocycles. The summed E-state index contributed by atoms with van der Waals surface area (Å²) in [6.45, 7) is 4.26. The van der Waals surface area contributed by atoms with Gasteiger partial charge >= 0.3 is 5.97 Å². The van der Waals surface area contributed by atoms with Gasteiger partial charge in [0.05, 0.1) is 4.92 Å². The molecule has 1 saturated heterocycles. The van der Waals surface area contributed by atoms with Crippen molar-refractivity contribution >= 4 is 17.6 Å². The maximum atomic E-state index is 11.7. The number of benzene rings is 1. The molecule has 1 heterocycles. The smallest absolute Gasteiger partial charge is 0.320 e. The lowest BCUT2D eigenvalue weighted by Gasteiger charge is -2.23. The van der Waals surface area contributed by atoms with Gasteiger partial charge in [-0.2, -0.15) is 0 Å². The number of nitro benzene ring substituents is 1. The molecule has 7 heteroatoms. The van der Waals surface area contributed by atoms with Gasteiger partial charge in [-0.15, -0.1) is 0 Å². The van der Waals surface area contributed by atoms with E-state index in [9.17, 15) is 19.7 Å². The first kappa shape index (κ1) is 15.9. The van der Waals surface area contributed by atoms with E-state index in [1.54, 1.807) is 12.1 Å². The summed E-state index contributed by atoms with van der Waals surface area (Å²) in [5.41, 5.74) is 1.37. The van der Waals surface area contributed by atoms with Crippen molar-refractivity contribution in [3.8, 4) is 0 Å². The summed E-state index contributed by atoms with van der Waals surface area (Å²) in [6, 6.07) is 4.68. The van der Waals surface area contributed by atoms with Gasteiger partial charge in [0.25, 0.3) is 5.69 Å². The molecule has 0 saturated carbocycles. The number of hydrogen-bond donors (Lipinski definition) is 1. The van der Waals surface area contributed by atoms with Crippen LogP contribution in [-0.4, -0.2) is 23.3 Å². The van der Waals surface area contributed by atoms with E-state index in [4.69, 9.17) is 4.74 Å². The lowest BCUT2D eigenvalue weighted by molar-refractivity contribution is -0.385. The molecular weight excluding hydrogens is 288 g/mol. The summed E-state index contributed by atoms with van der Waals surface area (Å²) >= 11 is 0. The Balaban J connectivity index is 2.06. The Kier molecular flexibility index (Phi) is 4.75. The van der Waals surface area contributed by atoms with Gasteiger partial charge in [0.1, 0.15) is 6.61 Å². The normalized spacial score (nSPS) is 16.9. The summed E-state index contributed by atoms with van der Waals surface area (Å²) in [4.78, 5) is 33.4. The molecule has 0 spiro atoms. The average Bonchev–Trinajstić information content (AvgIpc) is 2.42. The monoisotopic (exact) mass is 306 g/mol. The van der Waals surface area contributed by atoms with Gasteiger partial charge in [-0.25, -0.2) is 0 Å². The van der Waals surface area contributed by atoms with Crippen molar-refractivity contribution in [2.45, 2.75) is 26.9 Å². The first-order chi connectivity index (χ1) is 10.4. The molecule has 2 rings (SSSR count). The molecule has 1 aliphatic rings. The van der Waals surface area contributed by atoms with E-state index in [1.165, 1.54) is 6.07 Å². The molecule has 1 N–H and O–H groups in total. The third-order valence-electron chi connectivity index (χ3n) is 3.43. The minimum Gasteiger partial charge on any atom is -0.460 e. The summed E-state index contributed by atoms with van der Waals surface area (Å²) in [7, 11) is 0. The number of esters is 1. The van der Waals surface area contributed by atoms with Crippen LogP contribution in [0.15, 0.2) is 18.2 Å². The molecule has 1 amide bonds. The molecule has 1 aromatic rings. The van der Waals surface area contributed by atoms with Crippen molar-refractivity contribution in [1.29, 1.82) is 0 Å². The van der Waals surface area contributed by atoms with Gasteiger partial charge in [0.2, 0.25) is 5.91 Å². The second-order valence-corrected chi connectivity index (χ2v) is 5.72. The van der Waals surface area contributed by atoms with Gasteiger partial charge in [-0.1, -0.05) is 13.8 Å². The van der Waals surface area contributed by atoms with Crippen LogP contribution < -0.4 is 5.32 Å². The first-order valence-corrected chi connectivity index (χ1v) is 7.09. The molecule has 22 heavy (non-hydrogen) atoms. The van der Waals surface area contributed by atoms with E-state index in [0.29, 0.717) is 24.1 Å². The second kappa shape index (κ2) is 6.55. The Morgan fingerprint density at radius 3 is 2.73 bits per heavy atom. The molecule has 0 bridgehead atoms. The number of carbonyl (C=O) groups is 2. The minimum atomic E-state index is -0.729. The third-order valence-corrected chi connectivity index (χ3v) is 3.43. The fraction of sp³-hybridized carbons (Fsp3) is 0.467. The number of nitro groups is 1. The Labute approximate surface area is 127 Å². The van der Waals surface area contributed by atoms with E-state index in [2.05, 4.69) is 5.32 Å². The van der Waals surface area contributed by atoms with Crippen LogP contribution in [0.1, 0.15) is 25.0 Å². The first-order valence-electron chi connectivity index (χ1n) is 7.09. The predicted octanol–water partition coefficient (Wildman–Crippen LogP) is 1.58. The number of β-lactam (4-membered cyclic amide) rings is 1. The van der Waals surface area contributed by atoms with Gasteiger partial charge in [0, 0.05) is 18.2 Å². The molecule has 118 valence electrons. The fourth-order valence-electron chi connectivity index (χ4n) is 2.24. The molecular formula is C15H18N2O5. The SMILES string of the molecule is CC(C)Cc1cc(COC(=O)[C@@H]2CNC2=O)ccc1[N+](=O)[O-]. The Morgan fingerprint density at radius 2 is 2.23 bits per heavy atom. The van der Waals surface area contributed by atoms with Gasteiger partial charge < -0.3 is 10.1 Å². The molecule has 0 radical (unpaired) electrons. The molecule has 1 fully saturated rings. The molecule has 7 nitrogen and oxygen atoms in total. The lowest BCUT2D eigenvalue weighted by atomic mass is 9.99. The molecule has 1 atom stereocenters. The van der Waals surface area contributed by atoms with Crippen LogP contribution in [0.5, 0.6) is 0 Å². The number of rotatable bonds is 6. The van der Waals surface area contributed by atoms with Crippen molar-refractivity contribution in [2.24, 2.45) is 11.8 Å². The number of nitrogens with one attached hydrogen (secondary N) is 1. The zero-order valence-electron chi connectivity index (χ0n) is 12.5. The van der Waals surface area contributed by atoms with Gasteiger partial charge in [-0.05, 0) is 30.0 Å². The van der Waals surface area contributed by atoms with Gasteiger partial charge in [0.15, 0.2) is 5.92 Å². The predicted molar refractivity (Wildman–Crippen MR) is 77.9 cm³/mol. The van der Waals surface area contributed by atoms with Crippen LogP contribution in [0.3, 0.4) is 0 Å². The maximum absolute atomic E-state index is 11.7. The van der Waals surface area contributed by atoms with Crippen LogP contribution >= 0.6 is 0 Å². The highest BCUT2D eigenvalue weighted by Gasteiger charge is 2.35. The highest BCUT2D eigenvalue weighted by atomic mass is 16.6. The topological polar surface area (TPSA) is 98.5 Å². The zero-order chi connectivity index (χ0) is 16.3. The number of carbonyl (C=O) groups excluding carboxylic acids is 2. The van der Waals surface area contributed by atoms with E-state index >= 15 is 0 Å². The Bertz CT molecular complexity index is 612. The molecule has 0 aliphatic carbocycles. The van der Waals surface area contributed by atoms with Crippen LogP contribution in [-0.2, 0) is 27.4 Å². The van der Waals surface area contributed by atoms with Crippen LogP contribution in [0.25, 0.3) is 0 Å². The van der Waals surface area contributed by atoms with Crippen molar-refractivity contribution < 1.29 is 19.2 Å². The van der Waals surface area contributed by atoms with E-state index in [1.807, 2.05) is 13.8 Å². The highest BCUT2D eigenvalue weighted by Crippen LogP contribution is 2.23. The van der Waals surface area contributed by atoms with Crippen molar-refractivity contribution in [3.05, 3.63) is 39.4 Å². The van der Waals surface area contributed by atoms with Crippen LogP contribution in [0, 0.1) is 22.0 Å². The number of hydrogen-bond acceptors (Lipinski definition) is 5. The van der Waals surface area contributed by atoms with Crippen LogP contribution in [0.4, 0.5) is 5.69 Å². The van der Waals surface area contributed by atoms with Crippen molar-refractivity contribution in [3.63, 3.8) is 0 Å². The third kappa shape index (κ3) is 3.60. The van der Waals surface area contributed by atoms with E-state index in [-0.39, 0.29) is 24.1 Å². The zero-order valence-corrected chi connectivity index (χ0v) is 12.5. The Morgan fingerprint density at radius 1 is 1.50 bits per heavy atom. The molecule has 0 unspecified atom stereocenters. The van der Waals surface area contributed by atoms with E-state index < -0.39 is 16.8 Å². The lowest BCUT2D eigenvalue weighted by Crippen LogP contribution is -2.52. The number of amides is 1. The quantitative estimate of drug-likeness (QED) is 0.283. The number of ether oxygens (including phenoxy) is 1. The maximum Gasteiger partial charge on any atom is 0.320 e. The summed E-state index contributed by atoms with van der Waals surface area (Å²) in [5, 5.41) is 13.5. The summed E-state index contributed by atoms with van der Waals surface area (Å²) in [6.07, 6.45) is 0.573. The van der Waals surface area contributed by atoms with E-state index in [0.717, 1.165) is 0 Å². The van der Waals surface area contributed by atoms with Gasteiger partial charge in [-0.3, -0.25) is 19.7 Å². The largest absolute Gasteiger partial charge is 0.460 e. The number of nitrogens with zero attached hydrogens (tertiary/aromatic N) is 1.